The number of ether oxygens (including phenoxy) is 1. The largest absolute Gasteiger partial charge is 0.489 e. The first-order valence-corrected chi connectivity index (χ1v) is 9.05. The fourth-order valence-electron chi connectivity index (χ4n) is 2.74. The molecule has 7 nitrogen and oxygen atoms in total. The summed E-state index contributed by atoms with van der Waals surface area (Å²) in [6.45, 7) is 3.83. The molecule has 0 radical (unpaired) electrons. The highest BCUT2D eigenvalue weighted by atomic mass is 35.5. The van der Waals surface area contributed by atoms with Gasteiger partial charge in [0.15, 0.2) is 11.5 Å². The fraction of sp³-hybridized carbons (Fsp3) is 0.150. The number of nitrogens with one attached hydrogen (secondary N) is 2. The van der Waals surface area contributed by atoms with Crippen molar-refractivity contribution in [2.75, 3.05) is 5.32 Å². The van der Waals surface area contributed by atoms with Crippen LogP contribution >= 0.6 is 11.6 Å². The van der Waals surface area contributed by atoms with Gasteiger partial charge in [-0.1, -0.05) is 16.8 Å². The Labute approximate surface area is 165 Å². The van der Waals surface area contributed by atoms with Crippen LogP contribution in [-0.4, -0.2) is 27.4 Å². The summed E-state index contributed by atoms with van der Waals surface area (Å²) in [6.07, 6.45) is 1.73. The summed E-state index contributed by atoms with van der Waals surface area (Å²) in [5.74, 6) is 0.660. The number of fused-ring (bicyclic) bond motifs is 1. The average molecular weight is 397 g/mol. The van der Waals surface area contributed by atoms with E-state index < -0.39 is 5.91 Å². The quantitative estimate of drug-likeness (QED) is 0.500. The molecule has 4 aromatic rings. The SMILES string of the molecule is CC(C)Oc1ccc(NC(=O)c2cc(-c3ccc4[nH]ncc4c3)on2)cc1Cl. The number of anilines is 1. The van der Waals surface area contributed by atoms with E-state index >= 15 is 0 Å². The van der Waals surface area contributed by atoms with Crippen LogP contribution in [0, 0.1) is 0 Å². The molecule has 0 aliphatic heterocycles. The van der Waals surface area contributed by atoms with Gasteiger partial charge in [-0.15, -0.1) is 0 Å². The Bertz CT molecular complexity index is 1150. The maximum atomic E-state index is 12.5. The number of rotatable bonds is 5. The highest BCUT2D eigenvalue weighted by molar-refractivity contribution is 6.32. The number of hydrogen-bond donors (Lipinski definition) is 2. The van der Waals surface area contributed by atoms with Gasteiger partial charge < -0.3 is 14.6 Å². The molecule has 0 saturated heterocycles. The van der Waals surface area contributed by atoms with Crippen LogP contribution in [-0.2, 0) is 0 Å². The molecular weight excluding hydrogens is 380 g/mol. The van der Waals surface area contributed by atoms with Crippen molar-refractivity contribution in [1.82, 2.24) is 15.4 Å². The number of nitrogens with zero attached hydrogens (tertiary/aromatic N) is 2. The minimum absolute atomic E-state index is 0.00719. The van der Waals surface area contributed by atoms with Crippen molar-refractivity contribution in [2.45, 2.75) is 20.0 Å². The lowest BCUT2D eigenvalue weighted by molar-refractivity contribution is 0.101. The molecular formula is C20H17ClN4O3. The minimum Gasteiger partial charge on any atom is -0.489 e. The number of H-pyrrole nitrogens is 1. The van der Waals surface area contributed by atoms with E-state index in [4.69, 9.17) is 20.9 Å². The van der Waals surface area contributed by atoms with Gasteiger partial charge in [-0.2, -0.15) is 5.10 Å². The molecule has 28 heavy (non-hydrogen) atoms. The molecule has 0 aliphatic rings. The van der Waals surface area contributed by atoms with Gasteiger partial charge in [0, 0.05) is 22.7 Å². The summed E-state index contributed by atoms with van der Waals surface area (Å²) in [5.41, 5.74) is 2.43. The van der Waals surface area contributed by atoms with Crippen molar-refractivity contribution in [3.63, 3.8) is 0 Å². The standard InChI is InChI=1S/C20H17ClN4O3/c1-11(2)27-18-6-4-14(8-15(18)21)23-20(26)17-9-19(28-25-17)12-3-5-16-13(7-12)10-22-24-16/h3-11H,1-2H3,(H,22,24)(H,23,26). The molecule has 0 bridgehead atoms. The third kappa shape index (κ3) is 3.70. The monoisotopic (exact) mass is 396 g/mol. The molecule has 4 rings (SSSR count). The van der Waals surface area contributed by atoms with Crippen molar-refractivity contribution in [3.8, 4) is 17.1 Å². The van der Waals surface area contributed by atoms with Gasteiger partial charge in [-0.05, 0) is 50.2 Å². The highest BCUT2D eigenvalue weighted by Crippen LogP contribution is 2.29. The molecule has 0 fully saturated rings. The first kappa shape index (κ1) is 18.1. The summed E-state index contributed by atoms with van der Waals surface area (Å²) in [7, 11) is 0. The summed E-state index contributed by atoms with van der Waals surface area (Å²) < 4.78 is 10.9. The lowest BCUT2D eigenvalue weighted by atomic mass is 10.1. The topological polar surface area (TPSA) is 93.0 Å². The van der Waals surface area contributed by atoms with Gasteiger partial charge in [-0.3, -0.25) is 9.89 Å². The summed E-state index contributed by atoms with van der Waals surface area (Å²) >= 11 is 6.21. The van der Waals surface area contributed by atoms with E-state index in [-0.39, 0.29) is 11.8 Å². The Kier molecular flexibility index (Phi) is 4.75. The lowest BCUT2D eigenvalue weighted by Gasteiger charge is -2.12. The number of amides is 1. The van der Waals surface area contributed by atoms with Crippen molar-refractivity contribution >= 4 is 34.1 Å². The first-order chi connectivity index (χ1) is 13.5. The third-order valence-corrected chi connectivity index (χ3v) is 4.32. The van der Waals surface area contributed by atoms with E-state index in [0.717, 1.165) is 16.5 Å². The lowest BCUT2D eigenvalue weighted by Crippen LogP contribution is -2.12. The molecule has 0 atom stereocenters. The van der Waals surface area contributed by atoms with E-state index in [1.165, 1.54) is 0 Å². The molecule has 0 spiro atoms. The van der Waals surface area contributed by atoms with Crippen molar-refractivity contribution in [3.05, 3.63) is 59.4 Å². The number of hydrogen-bond acceptors (Lipinski definition) is 5. The Balaban J connectivity index is 1.50. The molecule has 1 amide bonds. The van der Waals surface area contributed by atoms with Gasteiger partial charge in [-0.25, -0.2) is 0 Å². The van der Waals surface area contributed by atoms with Crippen LogP contribution in [0.2, 0.25) is 5.02 Å². The number of aromatic amines is 1. The summed E-state index contributed by atoms with van der Waals surface area (Å²) in [5, 5.41) is 14.9. The van der Waals surface area contributed by atoms with E-state index in [2.05, 4.69) is 20.7 Å². The second-order valence-corrected chi connectivity index (χ2v) is 6.92. The highest BCUT2D eigenvalue weighted by Gasteiger charge is 2.15. The van der Waals surface area contributed by atoms with Gasteiger partial charge in [0.2, 0.25) is 0 Å². The zero-order valence-electron chi connectivity index (χ0n) is 15.2. The Morgan fingerprint density at radius 1 is 1.21 bits per heavy atom. The average Bonchev–Trinajstić information content (AvgIpc) is 3.32. The van der Waals surface area contributed by atoms with Crippen LogP contribution in [0.15, 0.2) is 53.2 Å². The molecule has 0 saturated carbocycles. The molecule has 2 aromatic carbocycles. The first-order valence-electron chi connectivity index (χ1n) is 8.67. The van der Waals surface area contributed by atoms with Crippen LogP contribution in [0.4, 0.5) is 5.69 Å². The van der Waals surface area contributed by atoms with E-state index in [1.54, 1.807) is 30.5 Å². The third-order valence-electron chi connectivity index (χ3n) is 4.02. The number of benzene rings is 2. The van der Waals surface area contributed by atoms with Crippen LogP contribution in [0.1, 0.15) is 24.3 Å². The van der Waals surface area contributed by atoms with Crippen LogP contribution < -0.4 is 10.1 Å². The summed E-state index contributed by atoms with van der Waals surface area (Å²) in [4.78, 5) is 12.5. The van der Waals surface area contributed by atoms with Crippen LogP contribution in [0.25, 0.3) is 22.2 Å². The Morgan fingerprint density at radius 2 is 2.07 bits per heavy atom. The van der Waals surface area contributed by atoms with E-state index in [9.17, 15) is 4.79 Å². The molecule has 2 heterocycles. The maximum Gasteiger partial charge on any atom is 0.277 e. The zero-order valence-corrected chi connectivity index (χ0v) is 15.9. The molecule has 8 heteroatoms. The summed E-state index contributed by atoms with van der Waals surface area (Å²) in [6, 6.07) is 12.3. The molecule has 2 N–H and O–H groups in total. The maximum absolute atomic E-state index is 12.5. The minimum atomic E-state index is -0.395. The van der Waals surface area contributed by atoms with Crippen molar-refractivity contribution < 1.29 is 14.1 Å². The molecule has 142 valence electrons. The molecule has 0 unspecified atom stereocenters. The Hall–Kier alpha value is -3.32. The predicted molar refractivity (Wildman–Crippen MR) is 107 cm³/mol. The number of carbonyl (C=O) groups is 1. The number of halogens is 1. The van der Waals surface area contributed by atoms with Crippen molar-refractivity contribution in [2.24, 2.45) is 0 Å². The second kappa shape index (κ2) is 7.36. The van der Waals surface area contributed by atoms with E-state index in [1.807, 2.05) is 32.0 Å². The van der Waals surface area contributed by atoms with Crippen LogP contribution in [0.5, 0.6) is 5.75 Å². The predicted octanol–water partition coefficient (Wildman–Crippen LogP) is 4.91. The van der Waals surface area contributed by atoms with Gasteiger partial charge in [0.25, 0.3) is 5.91 Å². The van der Waals surface area contributed by atoms with Gasteiger partial charge in [0.1, 0.15) is 5.75 Å². The van der Waals surface area contributed by atoms with E-state index in [0.29, 0.717) is 22.2 Å². The normalized spacial score (nSPS) is 11.1. The van der Waals surface area contributed by atoms with Gasteiger partial charge >= 0.3 is 0 Å². The number of aromatic nitrogens is 3. The zero-order chi connectivity index (χ0) is 19.7. The van der Waals surface area contributed by atoms with Crippen molar-refractivity contribution in [1.29, 1.82) is 0 Å². The smallest absolute Gasteiger partial charge is 0.277 e. The fourth-order valence-corrected chi connectivity index (χ4v) is 2.96. The Morgan fingerprint density at radius 3 is 2.86 bits per heavy atom. The molecule has 2 aromatic heterocycles. The van der Waals surface area contributed by atoms with Gasteiger partial charge in [0.05, 0.1) is 22.8 Å². The second-order valence-electron chi connectivity index (χ2n) is 6.51. The molecule has 0 aliphatic carbocycles. The number of carbonyl (C=O) groups excluding carboxylic acids is 1. The van der Waals surface area contributed by atoms with Crippen LogP contribution in [0.3, 0.4) is 0 Å².